The Morgan fingerprint density at radius 3 is 2.29 bits per heavy atom. The third-order valence-electron chi connectivity index (χ3n) is 3.85. The molecule has 0 bridgehead atoms. The third-order valence-corrected chi connectivity index (χ3v) is 4.86. The molecule has 0 aliphatic rings. The number of amides is 1. The molecule has 5 heteroatoms. The second-order valence-corrected chi connectivity index (χ2v) is 7.21. The topological polar surface area (TPSA) is 51.1 Å². The fourth-order valence-corrected chi connectivity index (χ4v) is 3.70. The fraction of sp³-hybridized carbons (Fsp3) is 0.368. The van der Waals surface area contributed by atoms with E-state index in [0.29, 0.717) is 11.8 Å². The largest absolute Gasteiger partial charge is 0.346 e. The zero-order valence-electron chi connectivity index (χ0n) is 14.8. The van der Waals surface area contributed by atoms with Crippen molar-refractivity contribution in [3.8, 4) is 0 Å². The van der Waals surface area contributed by atoms with Gasteiger partial charge in [-0.05, 0) is 58.0 Å². The van der Waals surface area contributed by atoms with E-state index in [2.05, 4.69) is 23.7 Å². The average Bonchev–Trinajstić information content (AvgIpc) is 2.80. The van der Waals surface area contributed by atoms with Crippen LogP contribution in [0, 0.1) is 13.8 Å². The first-order valence-corrected chi connectivity index (χ1v) is 9.00. The van der Waals surface area contributed by atoms with Crippen LogP contribution in [0.25, 0.3) is 0 Å². The number of hydrogen-bond acceptors (Lipinski definition) is 3. The molecule has 0 unspecified atom stereocenters. The van der Waals surface area contributed by atoms with Crippen LogP contribution in [0.1, 0.15) is 48.6 Å². The van der Waals surface area contributed by atoms with Crippen molar-refractivity contribution >= 4 is 29.1 Å². The maximum Gasteiger partial charge on any atom is 0.221 e. The molecular formula is C19H24N2O2S. The molecule has 1 amide bonds. The van der Waals surface area contributed by atoms with Crippen LogP contribution in [-0.4, -0.2) is 22.0 Å². The van der Waals surface area contributed by atoms with Crippen molar-refractivity contribution in [2.24, 2.45) is 0 Å². The zero-order valence-corrected chi connectivity index (χ0v) is 15.7. The molecule has 24 heavy (non-hydrogen) atoms. The number of hydrogen-bond donors (Lipinski definition) is 1. The summed E-state index contributed by atoms with van der Waals surface area (Å²) < 4.78 is 2.19. The number of carbonyl (C=O) groups excluding carboxylic acids is 2. The van der Waals surface area contributed by atoms with Crippen LogP contribution in [0.5, 0.6) is 0 Å². The van der Waals surface area contributed by atoms with Gasteiger partial charge in [0.2, 0.25) is 5.91 Å². The molecular weight excluding hydrogens is 320 g/mol. The molecule has 0 atom stereocenters. The number of rotatable bonds is 6. The molecule has 128 valence electrons. The Kier molecular flexibility index (Phi) is 5.89. The molecule has 4 nitrogen and oxygen atoms in total. The van der Waals surface area contributed by atoms with E-state index in [4.69, 9.17) is 0 Å². The van der Waals surface area contributed by atoms with E-state index < -0.39 is 0 Å². The van der Waals surface area contributed by atoms with Crippen molar-refractivity contribution in [1.82, 2.24) is 4.57 Å². The van der Waals surface area contributed by atoms with E-state index >= 15 is 0 Å². The van der Waals surface area contributed by atoms with Crippen LogP contribution >= 0.6 is 11.8 Å². The van der Waals surface area contributed by atoms with Gasteiger partial charge in [-0.2, -0.15) is 0 Å². The van der Waals surface area contributed by atoms with Gasteiger partial charge in [0.1, 0.15) is 0 Å². The van der Waals surface area contributed by atoms with Crippen LogP contribution in [0.4, 0.5) is 5.69 Å². The van der Waals surface area contributed by atoms with Crippen LogP contribution in [0.2, 0.25) is 0 Å². The molecule has 1 heterocycles. The van der Waals surface area contributed by atoms with E-state index in [-0.39, 0.29) is 11.7 Å². The van der Waals surface area contributed by atoms with Crippen LogP contribution in [0.15, 0.2) is 35.2 Å². The monoisotopic (exact) mass is 344 g/mol. The van der Waals surface area contributed by atoms with E-state index in [1.165, 1.54) is 18.7 Å². The summed E-state index contributed by atoms with van der Waals surface area (Å²) in [5.74, 6) is 0.457. The summed E-state index contributed by atoms with van der Waals surface area (Å²) in [7, 11) is 0. The fourth-order valence-electron chi connectivity index (χ4n) is 2.92. The molecule has 0 spiro atoms. The minimum Gasteiger partial charge on any atom is -0.346 e. The van der Waals surface area contributed by atoms with Gasteiger partial charge in [0.05, 0.1) is 5.75 Å². The van der Waals surface area contributed by atoms with Gasteiger partial charge < -0.3 is 9.88 Å². The number of nitrogens with zero attached hydrogens (tertiary/aromatic N) is 1. The van der Waals surface area contributed by atoms with Crippen molar-refractivity contribution in [3.05, 3.63) is 47.3 Å². The number of nitrogens with one attached hydrogen (secondary N) is 1. The summed E-state index contributed by atoms with van der Waals surface area (Å²) >= 11 is 1.51. The summed E-state index contributed by atoms with van der Waals surface area (Å²) in [5, 5.41) is 2.73. The summed E-state index contributed by atoms with van der Waals surface area (Å²) in [5.41, 5.74) is 3.73. The number of carbonyl (C=O) groups is 2. The molecule has 1 aromatic heterocycles. The van der Waals surface area contributed by atoms with Crippen molar-refractivity contribution in [2.75, 3.05) is 11.1 Å². The Balaban J connectivity index is 2.03. The first kappa shape index (κ1) is 18.3. The normalized spacial score (nSPS) is 10.9. The maximum atomic E-state index is 12.5. The highest BCUT2D eigenvalue weighted by Crippen LogP contribution is 2.25. The van der Waals surface area contributed by atoms with Gasteiger partial charge >= 0.3 is 0 Å². The van der Waals surface area contributed by atoms with Crippen molar-refractivity contribution in [1.29, 1.82) is 0 Å². The summed E-state index contributed by atoms with van der Waals surface area (Å²) in [4.78, 5) is 24.6. The number of aromatic nitrogens is 1. The van der Waals surface area contributed by atoms with Gasteiger partial charge in [-0.15, -0.1) is 11.8 Å². The third kappa shape index (κ3) is 4.29. The molecule has 0 fully saturated rings. The lowest BCUT2D eigenvalue weighted by atomic mass is 10.2. The Bertz CT molecular complexity index is 745. The molecule has 0 radical (unpaired) electrons. The highest BCUT2D eigenvalue weighted by atomic mass is 32.2. The average molecular weight is 344 g/mol. The Morgan fingerprint density at radius 1 is 1.17 bits per heavy atom. The lowest BCUT2D eigenvalue weighted by molar-refractivity contribution is -0.114. The van der Waals surface area contributed by atoms with E-state index in [9.17, 15) is 9.59 Å². The lowest BCUT2D eigenvalue weighted by Gasteiger charge is -2.13. The van der Waals surface area contributed by atoms with Crippen molar-refractivity contribution < 1.29 is 9.59 Å². The summed E-state index contributed by atoms with van der Waals surface area (Å²) in [6.07, 6.45) is 0. The molecule has 0 aliphatic heterocycles. The molecule has 1 aromatic carbocycles. The predicted octanol–water partition coefficient (Wildman–Crippen LogP) is 4.62. The van der Waals surface area contributed by atoms with Crippen LogP contribution in [-0.2, 0) is 4.79 Å². The molecule has 2 rings (SSSR count). The van der Waals surface area contributed by atoms with Crippen molar-refractivity contribution in [3.63, 3.8) is 0 Å². The zero-order chi connectivity index (χ0) is 17.9. The quantitative estimate of drug-likeness (QED) is 0.614. The van der Waals surface area contributed by atoms with Gasteiger partial charge in [0.25, 0.3) is 0 Å². The molecule has 0 aliphatic carbocycles. The SMILES string of the molecule is CC(=O)Nc1ccc(SCC(=O)c2cc(C)n(C(C)C)c2C)cc1. The number of aryl methyl sites for hydroxylation is 1. The lowest BCUT2D eigenvalue weighted by Crippen LogP contribution is -2.08. The van der Waals surface area contributed by atoms with Gasteiger partial charge in [-0.3, -0.25) is 9.59 Å². The standard InChI is InChI=1S/C19H24N2O2S/c1-12(2)21-13(3)10-18(14(21)4)19(23)11-24-17-8-6-16(7-9-17)20-15(5)22/h6-10,12H,11H2,1-5H3,(H,20,22). The predicted molar refractivity (Wildman–Crippen MR) is 100 cm³/mol. The van der Waals surface area contributed by atoms with Gasteiger partial charge in [-0.1, -0.05) is 0 Å². The van der Waals surface area contributed by atoms with Gasteiger partial charge in [0.15, 0.2) is 5.78 Å². The molecule has 0 saturated heterocycles. The van der Waals surface area contributed by atoms with Crippen LogP contribution in [0.3, 0.4) is 0 Å². The Labute approximate surface area is 147 Å². The maximum absolute atomic E-state index is 12.5. The number of Topliss-reactive ketones (excluding diaryl/α,β-unsaturated/α-hetero) is 1. The van der Waals surface area contributed by atoms with E-state index in [1.54, 1.807) is 0 Å². The minimum atomic E-state index is -0.0916. The van der Waals surface area contributed by atoms with Crippen LogP contribution < -0.4 is 5.32 Å². The molecule has 1 N–H and O–H groups in total. The highest BCUT2D eigenvalue weighted by molar-refractivity contribution is 8.00. The highest BCUT2D eigenvalue weighted by Gasteiger charge is 2.17. The van der Waals surface area contributed by atoms with Gasteiger partial charge in [-0.25, -0.2) is 0 Å². The Morgan fingerprint density at radius 2 is 1.79 bits per heavy atom. The van der Waals surface area contributed by atoms with Gasteiger partial charge in [0, 0.05) is 40.5 Å². The van der Waals surface area contributed by atoms with E-state index in [0.717, 1.165) is 27.5 Å². The molecule has 2 aromatic rings. The smallest absolute Gasteiger partial charge is 0.221 e. The Hall–Kier alpha value is -2.01. The summed E-state index contributed by atoms with van der Waals surface area (Å²) in [6, 6.07) is 9.86. The number of benzene rings is 1. The van der Waals surface area contributed by atoms with Crippen molar-refractivity contribution in [2.45, 2.75) is 45.6 Å². The van der Waals surface area contributed by atoms with E-state index in [1.807, 2.05) is 44.2 Å². The summed E-state index contributed by atoms with van der Waals surface area (Å²) in [6.45, 7) is 9.78. The number of ketones is 1. The minimum absolute atomic E-state index is 0.0916. The first-order chi connectivity index (χ1) is 11.3. The first-order valence-electron chi connectivity index (χ1n) is 8.01. The molecule has 0 saturated carbocycles. The number of anilines is 1. The number of thioether (sulfide) groups is 1. The second-order valence-electron chi connectivity index (χ2n) is 6.17. The second kappa shape index (κ2) is 7.71.